The number of nitrogen functional groups attached to an aromatic ring is 1. The molecular formula is C16H19FN4O2. The van der Waals surface area contributed by atoms with Gasteiger partial charge in [-0.2, -0.15) is 0 Å². The first kappa shape index (κ1) is 16.5. The van der Waals surface area contributed by atoms with Gasteiger partial charge in [-0.15, -0.1) is 0 Å². The summed E-state index contributed by atoms with van der Waals surface area (Å²) in [7, 11) is 0. The van der Waals surface area contributed by atoms with Gasteiger partial charge in [-0.1, -0.05) is 12.1 Å². The Morgan fingerprint density at radius 2 is 1.96 bits per heavy atom. The molecule has 0 aliphatic heterocycles. The van der Waals surface area contributed by atoms with E-state index in [1.807, 2.05) is 0 Å². The average molecular weight is 318 g/mol. The fourth-order valence-corrected chi connectivity index (χ4v) is 1.83. The van der Waals surface area contributed by atoms with Crippen molar-refractivity contribution < 1.29 is 13.9 Å². The highest BCUT2D eigenvalue weighted by atomic mass is 19.1. The van der Waals surface area contributed by atoms with Gasteiger partial charge in [0.15, 0.2) is 0 Å². The Hall–Kier alpha value is -2.83. The highest BCUT2D eigenvalue weighted by molar-refractivity contribution is 5.88. The summed E-state index contributed by atoms with van der Waals surface area (Å²) in [5, 5.41) is 5.61. The number of carbonyl (C=O) groups excluding carboxylic acids is 1. The van der Waals surface area contributed by atoms with Crippen LogP contribution in [0.5, 0.6) is 0 Å². The van der Waals surface area contributed by atoms with Gasteiger partial charge in [0.1, 0.15) is 17.5 Å². The average Bonchev–Trinajstić information content (AvgIpc) is 2.48. The first-order chi connectivity index (χ1) is 10.9. The maximum atomic E-state index is 12.8. The second-order valence-corrected chi connectivity index (χ2v) is 5.19. The molecule has 0 radical (unpaired) electrons. The van der Waals surface area contributed by atoms with Gasteiger partial charge in [-0.25, -0.2) is 14.2 Å². The van der Waals surface area contributed by atoms with Crippen molar-refractivity contribution in [3.05, 3.63) is 47.8 Å². The van der Waals surface area contributed by atoms with Gasteiger partial charge in [-0.05, 0) is 43.7 Å². The van der Waals surface area contributed by atoms with Crippen molar-refractivity contribution in [2.45, 2.75) is 26.5 Å². The molecule has 122 valence electrons. The van der Waals surface area contributed by atoms with Crippen molar-refractivity contribution in [3.63, 3.8) is 0 Å². The zero-order chi connectivity index (χ0) is 16.8. The molecule has 23 heavy (non-hydrogen) atoms. The molecule has 2 aromatic rings. The van der Waals surface area contributed by atoms with Crippen LogP contribution in [0.4, 0.5) is 26.5 Å². The van der Waals surface area contributed by atoms with E-state index in [4.69, 9.17) is 10.5 Å². The molecular weight excluding hydrogens is 299 g/mol. The second-order valence-electron chi connectivity index (χ2n) is 5.19. The van der Waals surface area contributed by atoms with Crippen LogP contribution in [-0.2, 0) is 11.3 Å². The number of hydrogen-bond donors (Lipinski definition) is 3. The lowest BCUT2D eigenvalue weighted by molar-refractivity contribution is 0.130. The molecule has 0 aliphatic rings. The first-order valence-electron chi connectivity index (χ1n) is 7.16. The fraction of sp³-hybridized carbons (Fsp3) is 0.250. The fourth-order valence-electron chi connectivity index (χ4n) is 1.83. The second kappa shape index (κ2) is 7.44. The molecule has 0 unspecified atom stereocenters. The summed E-state index contributed by atoms with van der Waals surface area (Å²) in [6.07, 6.45) is -0.804. The largest absolute Gasteiger partial charge is 0.447 e. The summed E-state index contributed by atoms with van der Waals surface area (Å²) in [6.45, 7) is 3.99. The van der Waals surface area contributed by atoms with Crippen molar-refractivity contribution in [1.82, 2.24) is 4.98 Å². The highest BCUT2D eigenvalue weighted by Gasteiger charge is 2.09. The lowest BCUT2D eigenvalue weighted by Gasteiger charge is -2.12. The number of hydrogen-bond acceptors (Lipinski definition) is 5. The summed E-state index contributed by atoms with van der Waals surface area (Å²) in [5.74, 6) is 0.448. The van der Waals surface area contributed by atoms with Crippen molar-refractivity contribution >= 4 is 23.4 Å². The number of ether oxygens (including phenoxy) is 1. The number of carbonyl (C=O) groups is 1. The van der Waals surface area contributed by atoms with Gasteiger partial charge >= 0.3 is 6.09 Å². The van der Waals surface area contributed by atoms with Gasteiger partial charge in [0.25, 0.3) is 0 Å². The number of pyridine rings is 1. The number of aromatic nitrogens is 1. The zero-order valence-electron chi connectivity index (χ0n) is 13.0. The minimum absolute atomic E-state index is 0.176. The van der Waals surface area contributed by atoms with Crippen LogP contribution in [0.15, 0.2) is 36.4 Å². The third-order valence-corrected chi connectivity index (χ3v) is 2.89. The number of halogens is 1. The molecule has 4 N–H and O–H groups in total. The Labute approximate surface area is 133 Å². The molecule has 2 rings (SSSR count). The number of amides is 1. The van der Waals surface area contributed by atoms with Gasteiger partial charge in [-0.3, -0.25) is 5.32 Å². The summed E-state index contributed by atoms with van der Waals surface area (Å²) in [5.41, 5.74) is 7.11. The van der Waals surface area contributed by atoms with Crippen molar-refractivity contribution in [2.24, 2.45) is 0 Å². The molecule has 0 spiro atoms. The number of nitrogens with zero attached hydrogens (tertiary/aromatic N) is 1. The number of anilines is 3. The van der Waals surface area contributed by atoms with Crippen LogP contribution in [0, 0.1) is 5.82 Å². The quantitative estimate of drug-likeness (QED) is 0.786. The van der Waals surface area contributed by atoms with Crippen LogP contribution in [0.2, 0.25) is 0 Å². The van der Waals surface area contributed by atoms with Crippen LogP contribution in [0.3, 0.4) is 0 Å². The van der Waals surface area contributed by atoms with Gasteiger partial charge in [0.2, 0.25) is 0 Å². The normalized spacial score (nSPS) is 10.4. The molecule has 1 heterocycles. The molecule has 0 fully saturated rings. The van der Waals surface area contributed by atoms with Crippen LogP contribution >= 0.6 is 0 Å². The monoisotopic (exact) mass is 318 g/mol. The summed E-state index contributed by atoms with van der Waals surface area (Å²) in [6, 6.07) is 9.48. The van der Waals surface area contributed by atoms with E-state index in [-0.39, 0.29) is 17.7 Å². The maximum Gasteiger partial charge on any atom is 0.411 e. The van der Waals surface area contributed by atoms with Crippen molar-refractivity contribution in [1.29, 1.82) is 0 Å². The van der Waals surface area contributed by atoms with E-state index in [1.165, 1.54) is 12.1 Å². The Morgan fingerprint density at radius 3 is 2.57 bits per heavy atom. The van der Waals surface area contributed by atoms with E-state index < -0.39 is 6.09 Å². The van der Waals surface area contributed by atoms with E-state index in [0.717, 1.165) is 5.56 Å². The van der Waals surface area contributed by atoms with E-state index >= 15 is 0 Å². The number of nitrogens with one attached hydrogen (secondary N) is 2. The van der Waals surface area contributed by atoms with Gasteiger partial charge in [0.05, 0.1) is 11.8 Å². The maximum absolute atomic E-state index is 12.8. The lowest BCUT2D eigenvalue weighted by Crippen LogP contribution is -2.19. The summed E-state index contributed by atoms with van der Waals surface area (Å²) >= 11 is 0. The Balaban J connectivity index is 1.96. The number of rotatable bonds is 5. The first-order valence-corrected chi connectivity index (χ1v) is 7.16. The number of benzene rings is 1. The molecule has 0 bridgehead atoms. The van der Waals surface area contributed by atoms with Crippen molar-refractivity contribution in [2.75, 3.05) is 16.4 Å². The summed E-state index contributed by atoms with van der Waals surface area (Å²) < 4.78 is 17.8. The standard InChI is InChI=1S/C16H19FN4O2/c1-10(2)23-16(22)20-13-7-8-14(21-15(13)18)19-9-11-3-5-12(17)6-4-11/h3-8,10H,9H2,1-2H3,(H,20,22)(H3,18,19,21). The van der Waals surface area contributed by atoms with E-state index in [1.54, 1.807) is 38.1 Å². The molecule has 1 aromatic heterocycles. The number of nitrogens with two attached hydrogens (primary N) is 1. The smallest absolute Gasteiger partial charge is 0.411 e. The van der Waals surface area contributed by atoms with Crippen LogP contribution in [0.25, 0.3) is 0 Å². The molecule has 6 nitrogen and oxygen atoms in total. The third kappa shape index (κ3) is 5.14. The Bertz CT molecular complexity index is 674. The molecule has 0 aliphatic carbocycles. The minimum atomic E-state index is -0.583. The van der Waals surface area contributed by atoms with Crippen LogP contribution < -0.4 is 16.4 Å². The highest BCUT2D eigenvalue weighted by Crippen LogP contribution is 2.19. The predicted octanol–water partition coefficient (Wildman–Crippen LogP) is 3.37. The van der Waals surface area contributed by atoms with Crippen LogP contribution in [-0.4, -0.2) is 17.2 Å². The molecule has 0 atom stereocenters. The van der Waals surface area contributed by atoms with Crippen molar-refractivity contribution in [3.8, 4) is 0 Å². The van der Waals surface area contributed by atoms with E-state index in [9.17, 15) is 9.18 Å². The molecule has 1 aromatic carbocycles. The Morgan fingerprint density at radius 1 is 1.26 bits per heavy atom. The predicted molar refractivity (Wildman–Crippen MR) is 87.6 cm³/mol. The third-order valence-electron chi connectivity index (χ3n) is 2.89. The lowest BCUT2D eigenvalue weighted by atomic mass is 10.2. The molecule has 0 saturated carbocycles. The Kier molecular flexibility index (Phi) is 5.35. The van der Waals surface area contributed by atoms with E-state index in [2.05, 4.69) is 15.6 Å². The van der Waals surface area contributed by atoms with Gasteiger partial charge < -0.3 is 15.8 Å². The minimum Gasteiger partial charge on any atom is -0.447 e. The topological polar surface area (TPSA) is 89.3 Å². The van der Waals surface area contributed by atoms with Crippen LogP contribution in [0.1, 0.15) is 19.4 Å². The molecule has 1 amide bonds. The summed E-state index contributed by atoms with van der Waals surface area (Å²) in [4.78, 5) is 15.7. The molecule has 7 heteroatoms. The van der Waals surface area contributed by atoms with E-state index in [0.29, 0.717) is 18.1 Å². The van der Waals surface area contributed by atoms with Gasteiger partial charge in [0, 0.05) is 6.54 Å². The SMILES string of the molecule is CC(C)OC(=O)Nc1ccc(NCc2ccc(F)cc2)nc1N. The zero-order valence-corrected chi connectivity index (χ0v) is 13.0. The molecule has 0 saturated heterocycles.